The van der Waals surface area contributed by atoms with Gasteiger partial charge in [-0.2, -0.15) is 0 Å². The Kier molecular flexibility index (Phi) is 31.7. The Labute approximate surface area is 156 Å². The van der Waals surface area contributed by atoms with Gasteiger partial charge in [0.05, 0.1) is 0 Å². The van der Waals surface area contributed by atoms with Crippen LogP contribution in [0.25, 0.3) is 5.32 Å². The summed E-state index contributed by atoms with van der Waals surface area (Å²) in [4.78, 5) is 10.3. The van der Waals surface area contributed by atoms with E-state index in [0.717, 1.165) is 25.8 Å². The quantitative estimate of drug-likeness (QED) is 0.466. The van der Waals surface area contributed by atoms with Crippen LogP contribution in [0, 0.1) is 0 Å². The summed E-state index contributed by atoms with van der Waals surface area (Å²) in [7, 11) is 1.14. The van der Waals surface area contributed by atoms with Gasteiger partial charge in [0.15, 0.2) is 0 Å². The van der Waals surface area contributed by atoms with Crippen molar-refractivity contribution < 1.29 is 30.0 Å². The third-order valence-corrected chi connectivity index (χ3v) is 1.52. The smallest absolute Gasteiger partial charge is 0.285 e. The number of piperidine rings is 1. The van der Waals surface area contributed by atoms with Crippen LogP contribution in [-0.4, -0.2) is 83.6 Å². The Balaban J connectivity index is -0.000000107. The van der Waals surface area contributed by atoms with E-state index in [1.54, 1.807) is 0 Å². The van der Waals surface area contributed by atoms with E-state index in [-0.39, 0.29) is 20.1 Å². The summed E-state index contributed by atoms with van der Waals surface area (Å²) in [5.74, 6) is -0.769. The van der Waals surface area contributed by atoms with Crippen LogP contribution in [0.1, 0.15) is 19.3 Å². The summed E-state index contributed by atoms with van der Waals surface area (Å²) >= 11 is 0. The molecule has 1 unspecified atom stereocenters. The average molecular weight is 549 g/mol. The first-order chi connectivity index (χ1) is 9.50. The topological polar surface area (TPSA) is 51.4 Å². The van der Waals surface area contributed by atoms with Crippen molar-refractivity contribution in [1.29, 1.82) is 0 Å². The number of carboxylic acid groups (broad SMARTS) is 1. The third kappa shape index (κ3) is 49.6. The summed E-state index contributed by atoms with van der Waals surface area (Å²) in [6, 6.07) is -0.404. The molecule has 0 aromatic heterocycles. The van der Waals surface area contributed by atoms with E-state index in [4.69, 9.17) is 5.11 Å². The van der Waals surface area contributed by atoms with Gasteiger partial charge in [0.25, 0.3) is 5.97 Å². The predicted molar refractivity (Wildman–Crippen MR) is 108 cm³/mol. The monoisotopic (exact) mass is 549 g/mol. The molecule has 1 N–H and O–H groups in total. The second-order valence-corrected chi connectivity index (χ2v) is 14.3. The SMILES string of the molecule is CP(C)C.CP(C)C.CP(C)C.O=C(O)C1CCCC[N-]1.[Ir]. The predicted octanol–water partition coefficient (Wildman–Crippen LogP) is 5.07. The van der Waals surface area contributed by atoms with Gasteiger partial charge in [0.1, 0.15) is 0 Å². The van der Waals surface area contributed by atoms with Crippen LogP contribution in [0.5, 0.6) is 0 Å². The maximum absolute atomic E-state index is 10.3. The van der Waals surface area contributed by atoms with Gasteiger partial charge in [0.2, 0.25) is 0 Å². The number of carboxylic acids is 1. The van der Waals surface area contributed by atoms with E-state index >= 15 is 0 Å². The van der Waals surface area contributed by atoms with Crippen molar-refractivity contribution in [2.45, 2.75) is 25.3 Å². The van der Waals surface area contributed by atoms with Crippen LogP contribution in [0.2, 0.25) is 0 Å². The van der Waals surface area contributed by atoms with Crippen molar-refractivity contribution in [2.75, 3.05) is 66.5 Å². The Morgan fingerprint density at radius 1 is 0.864 bits per heavy atom. The molecule has 139 valence electrons. The molecule has 1 fully saturated rings. The fourth-order valence-electron chi connectivity index (χ4n) is 0.989. The average Bonchev–Trinajstić information content (AvgIpc) is 2.27. The second-order valence-electron chi connectivity index (χ2n) is 6.28. The first kappa shape index (κ1) is 31.2. The first-order valence-corrected chi connectivity index (χ1v) is 15.3. The molecule has 1 saturated heterocycles. The molecule has 0 bridgehead atoms. The van der Waals surface area contributed by atoms with Crippen molar-refractivity contribution >= 4 is 29.7 Å². The van der Waals surface area contributed by atoms with Gasteiger partial charge in [-0.3, -0.25) is 4.79 Å². The zero-order valence-corrected chi connectivity index (χ0v) is 21.0. The number of nitrogens with zero attached hydrogens (tertiary/aromatic N) is 1. The Bertz CT molecular complexity index is 202. The van der Waals surface area contributed by atoms with E-state index in [1.165, 1.54) is 0 Å². The number of rotatable bonds is 1. The minimum Gasteiger partial charge on any atom is -0.650 e. The molecule has 1 atom stereocenters. The summed E-state index contributed by atoms with van der Waals surface area (Å²) in [5.41, 5.74) is 0. The summed E-state index contributed by atoms with van der Waals surface area (Å²) in [5, 5.41) is 12.4. The molecule has 1 heterocycles. The van der Waals surface area contributed by atoms with E-state index in [1.807, 2.05) is 0 Å². The van der Waals surface area contributed by atoms with Crippen molar-refractivity contribution in [2.24, 2.45) is 0 Å². The maximum atomic E-state index is 10.3. The van der Waals surface area contributed by atoms with Gasteiger partial charge in [-0.15, -0.1) is 30.3 Å². The molecular weight excluding hydrogens is 511 g/mol. The number of hydrogen-bond donors (Lipinski definition) is 1. The third-order valence-electron chi connectivity index (χ3n) is 1.52. The largest absolute Gasteiger partial charge is 0.650 e. The van der Waals surface area contributed by atoms with Crippen LogP contribution < -0.4 is 0 Å². The summed E-state index contributed by atoms with van der Waals surface area (Å²) in [6.07, 6.45) is 2.81. The molecule has 22 heavy (non-hydrogen) atoms. The van der Waals surface area contributed by atoms with Gasteiger partial charge >= 0.3 is 0 Å². The molecule has 0 aromatic rings. The normalized spacial score (nSPS) is 16.3. The zero-order valence-electron chi connectivity index (χ0n) is 15.9. The van der Waals surface area contributed by atoms with Crippen LogP contribution in [-0.2, 0) is 24.9 Å². The molecule has 0 aromatic carbocycles. The van der Waals surface area contributed by atoms with Crippen molar-refractivity contribution in [3.8, 4) is 0 Å². The second kappa shape index (κ2) is 22.4. The van der Waals surface area contributed by atoms with Gasteiger partial charge in [-0.05, 0) is 66.0 Å². The van der Waals surface area contributed by atoms with Crippen molar-refractivity contribution in [3.05, 3.63) is 5.32 Å². The van der Waals surface area contributed by atoms with Crippen LogP contribution in [0.3, 0.4) is 0 Å². The Morgan fingerprint density at radius 3 is 1.32 bits per heavy atom. The minimum absolute atomic E-state index is 0. The molecule has 0 aliphatic carbocycles. The maximum Gasteiger partial charge on any atom is 0.285 e. The van der Waals surface area contributed by atoms with Crippen molar-refractivity contribution in [1.82, 2.24) is 0 Å². The number of carbonyl (C=O) groups is 1. The molecule has 0 spiro atoms. The zero-order chi connectivity index (χ0) is 17.4. The summed E-state index contributed by atoms with van der Waals surface area (Å²) in [6.45, 7) is 20.8. The van der Waals surface area contributed by atoms with E-state index in [2.05, 4.69) is 65.3 Å². The van der Waals surface area contributed by atoms with Crippen LogP contribution in [0.4, 0.5) is 0 Å². The molecule has 1 rings (SSSR count). The molecule has 1 radical (unpaired) electrons. The van der Waals surface area contributed by atoms with Gasteiger partial charge in [-0.25, -0.2) is 0 Å². The first-order valence-electron chi connectivity index (χ1n) is 7.22. The molecule has 1 aliphatic heterocycles. The minimum atomic E-state index is -0.769. The molecule has 1 aliphatic rings. The van der Waals surface area contributed by atoms with Gasteiger partial charge < -0.3 is 10.4 Å². The standard InChI is InChI=1S/C6H10NO2.3C3H9P.Ir/c8-6(9)5-3-1-2-4-7-5;3*1-4(2)3;/h5H,1-4H2,(H,8,9);3*1-3H3;/q-1;;;;. The van der Waals surface area contributed by atoms with Crippen LogP contribution >= 0.6 is 23.8 Å². The molecule has 3 nitrogen and oxygen atoms in total. The Hall–Kier alpha value is 1.37. The number of hydrogen-bond acceptors (Lipinski definition) is 1. The summed E-state index contributed by atoms with van der Waals surface area (Å²) < 4.78 is 0. The number of aliphatic carboxylic acids is 1. The molecule has 7 heteroatoms. The van der Waals surface area contributed by atoms with Crippen LogP contribution in [0.15, 0.2) is 0 Å². The van der Waals surface area contributed by atoms with Gasteiger partial charge in [0, 0.05) is 20.1 Å². The molecular formula is C15H37IrNO2P3-. The van der Waals surface area contributed by atoms with Crippen molar-refractivity contribution in [3.63, 3.8) is 0 Å². The fourth-order valence-corrected chi connectivity index (χ4v) is 0.989. The molecule has 0 saturated carbocycles. The Morgan fingerprint density at radius 2 is 1.18 bits per heavy atom. The van der Waals surface area contributed by atoms with Gasteiger partial charge in [-0.1, -0.05) is 19.3 Å². The fraction of sp³-hybridized carbons (Fsp3) is 0.933. The van der Waals surface area contributed by atoms with E-state index in [0.29, 0.717) is 23.8 Å². The van der Waals surface area contributed by atoms with E-state index in [9.17, 15) is 4.79 Å². The molecule has 0 amide bonds. The van der Waals surface area contributed by atoms with E-state index < -0.39 is 12.0 Å².